The Morgan fingerprint density at radius 2 is 2.29 bits per heavy atom. The minimum atomic E-state index is 0.580. The smallest absolute Gasteiger partial charge is 0.0576 e. The zero-order valence-corrected chi connectivity index (χ0v) is 9.30. The summed E-state index contributed by atoms with van der Waals surface area (Å²) in [6, 6.07) is 0. The molecule has 2 rings (SSSR count). The third-order valence-electron chi connectivity index (χ3n) is 3.59. The molecule has 0 radical (unpaired) electrons. The predicted molar refractivity (Wildman–Crippen MR) is 58.3 cm³/mol. The molecule has 1 heterocycles. The van der Waals surface area contributed by atoms with Gasteiger partial charge >= 0.3 is 0 Å². The van der Waals surface area contributed by atoms with Gasteiger partial charge in [0.25, 0.3) is 0 Å². The molecular formula is C12H23NO. The molecule has 1 N–H and O–H groups in total. The lowest BCUT2D eigenvalue weighted by Gasteiger charge is -2.09. The molecule has 1 saturated carbocycles. The van der Waals surface area contributed by atoms with Gasteiger partial charge < -0.3 is 10.1 Å². The third-order valence-corrected chi connectivity index (χ3v) is 3.59. The van der Waals surface area contributed by atoms with Crippen molar-refractivity contribution in [3.8, 4) is 0 Å². The van der Waals surface area contributed by atoms with Crippen molar-refractivity contribution in [2.75, 3.05) is 19.7 Å². The fourth-order valence-corrected chi connectivity index (χ4v) is 2.30. The van der Waals surface area contributed by atoms with Crippen LogP contribution in [0.5, 0.6) is 0 Å². The van der Waals surface area contributed by atoms with Crippen LogP contribution in [0.2, 0.25) is 0 Å². The van der Waals surface area contributed by atoms with Crippen LogP contribution in [-0.2, 0) is 4.74 Å². The van der Waals surface area contributed by atoms with Crippen molar-refractivity contribution in [3.63, 3.8) is 0 Å². The molecule has 0 aromatic heterocycles. The summed E-state index contributed by atoms with van der Waals surface area (Å²) in [6.45, 7) is 5.77. The van der Waals surface area contributed by atoms with Crippen LogP contribution in [-0.4, -0.2) is 25.8 Å². The average Bonchev–Trinajstić information content (AvgIpc) is 2.69. The van der Waals surface area contributed by atoms with Gasteiger partial charge in [0.15, 0.2) is 0 Å². The Morgan fingerprint density at radius 1 is 1.43 bits per heavy atom. The summed E-state index contributed by atoms with van der Waals surface area (Å²) in [4.78, 5) is 0. The number of hydrogen-bond donors (Lipinski definition) is 1. The molecule has 1 aliphatic heterocycles. The highest BCUT2D eigenvalue weighted by Crippen LogP contribution is 2.36. The predicted octanol–water partition coefficient (Wildman–Crippen LogP) is 2.19. The van der Waals surface area contributed by atoms with Gasteiger partial charge in [-0.3, -0.25) is 0 Å². The zero-order valence-electron chi connectivity index (χ0n) is 9.30. The second-order valence-corrected chi connectivity index (χ2v) is 4.95. The molecule has 0 aromatic carbocycles. The molecule has 0 amide bonds. The summed E-state index contributed by atoms with van der Waals surface area (Å²) >= 11 is 0. The molecule has 2 fully saturated rings. The van der Waals surface area contributed by atoms with E-state index < -0.39 is 0 Å². The van der Waals surface area contributed by atoms with E-state index in [4.69, 9.17) is 4.74 Å². The van der Waals surface area contributed by atoms with Crippen molar-refractivity contribution in [1.29, 1.82) is 0 Å². The van der Waals surface area contributed by atoms with Crippen molar-refractivity contribution in [2.45, 2.75) is 45.1 Å². The van der Waals surface area contributed by atoms with Crippen molar-refractivity contribution in [1.82, 2.24) is 5.32 Å². The quantitative estimate of drug-likeness (QED) is 0.659. The first-order valence-corrected chi connectivity index (χ1v) is 6.18. The van der Waals surface area contributed by atoms with Crippen LogP contribution in [0.4, 0.5) is 0 Å². The molecule has 0 bridgehead atoms. The average molecular weight is 197 g/mol. The summed E-state index contributed by atoms with van der Waals surface area (Å²) < 4.78 is 5.58. The molecule has 82 valence electrons. The number of hydrogen-bond acceptors (Lipinski definition) is 2. The maximum absolute atomic E-state index is 5.58. The SMILES string of the molecule is CC1CC1CNCCCC1CCCO1. The van der Waals surface area contributed by atoms with Crippen molar-refractivity contribution in [3.05, 3.63) is 0 Å². The molecule has 3 unspecified atom stereocenters. The van der Waals surface area contributed by atoms with Gasteiger partial charge in [-0.25, -0.2) is 0 Å². The van der Waals surface area contributed by atoms with Crippen LogP contribution < -0.4 is 5.32 Å². The lowest BCUT2D eigenvalue weighted by Crippen LogP contribution is -2.20. The largest absolute Gasteiger partial charge is 0.378 e. The standard InChI is InChI=1S/C12H23NO/c1-10-8-11(10)9-13-6-2-4-12-5-3-7-14-12/h10-13H,2-9H2,1H3. The van der Waals surface area contributed by atoms with Gasteiger partial charge in [0.2, 0.25) is 0 Å². The van der Waals surface area contributed by atoms with Gasteiger partial charge in [-0.05, 0) is 57.0 Å². The third kappa shape index (κ3) is 3.25. The van der Waals surface area contributed by atoms with E-state index in [2.05, 4.69) is 12.2 Å². The van der Waals surface area contributed by atoms with Crippen molar-refractivity contribution < 1.29 is 4.74 Å². The summed E-state index contributed by atoms with van der Waals surface area (Å²) in [5, 5.41) is 3.55. The fourth-order valence-electron chi connectivity index (χ4n) is 2.30. The molecule has 0 aromatic rings. The van der Waals surface area contributed by atoms with Crippen LogP contribution in [0.25, 0.3) is 0 Å². The number of ether oxygens (including phenoxy) is 1. The van der Waals surface area contributed by atoms with Gasteiger partial charge in [0.05, 0.1) is 6.10 Å². The van der Waals surface area contributed by atoms with E-state index in [-0.39, 0.29) is 0 Å². The van der Waals surface area contributed by atoms with E-state index in [0.29, 0.717) is 6.10 Å². The van der Waals surface area contributed by atoms with Crippen molar-refractivity contribution in [2.24, 2.45) is 11.8 Å². The fraction of sp³-hybridized carbons (Fsp3) is 1.00. The van der Waals surface area contributed by atoms with E-state index in [9.17, 15) is 0 Å². The van der Waals surface area contributed by atoms with Crippen LogP contribution in [0.1, 0.15) is 39.0 Å². The van der Waals surface area contributed by atoms with Crippen LogP contribution in [0.3, 0.4) is 0 Å². The molecule has 2 aliphatic rings. The summed E-state index contributed by atoms with van der Waals surface area (Å²) in [5.41, 5.74) is 0. The maximum Gasteiger partial charge on any atom is 0.0576 e. The second kappa shape index (κ2) is 5.13. The first-order valence-electron chi connectivity index (χ1n) is 6.18. The highest BCUT2D eigenvalue weighted by Gasteiger charge is 2.31. The van der Waals surface area contributed by atoms with Gasteiger partial charge in [-0.2, -0.15) is 0 Å². The summed E-state index contributed by atoms with van der Waals surface area (Å²) in [6.07, 6.45) is 7.13. The first-order chi connectivity index (χ1) is 6.86. The van der Waals surface area contributed by atoms with Crippen LogP contribution in [0.15, 0.2) is 0 Å². The van der Waals surface area contributed by atoms with Gasteiger partial charge in [-0.1, -0.05) is 6.92 Å². The molecule has 14 heavy (non-hydrogen) atoms. The molecule has 3 atom stereocenters. The Labute approximate surface area is 87.4 Å². The second-order valence-electron chi connectivity index (χ2n) is 4.95. The Balaban J connectivity index is 1.39. The van der Waals surface area contributed by atoms with Crippen LogP contribution >= 0.6 is 0 Å². The molecule has 1 aliphatic carbocycles. The van der Waals surface area contributed by atoms with Gasteiger partial charge in [0, 0.05) is 6.61 Å². The zero-order chi connectivity index (χ0) is 9.80. The minimum Gasteiger partial charge on any atom is -0.378 e. The summed E-state index contributed by atoms with van der Waals surface area (Å²) in [7, 11) is 0. The summed E-state index contributed by atoms with van der Waals surface area (Å²) in [5.74, 6) is 1.97. The van der Waals surface area contributed by atoms with Crippen molar-refractivity contribution >= 4 is 0 Å². The van der Waals surface area contributed by atoms with E-state index >= 15 is 0 Å². The Hall–Kier alpha value is -0.0800. The highest BCUT2D eigenvalue weighted by molar-refractivity contribution is 4.83. The lowest BCUT2D eigenvalue weighted by atomic mass is 10.1. The van der Waals surface area contributed by atoms with Gasteiger partial charge in [0.1, 0.15) is 0 Å². The topological polar surface area (TPSA) is 21.3 Å². The molecule has 2 nitrogen and oxygen atoms in total. The first kappa shape index (κ1) is 10.4. The number of rotatable bonds is 6. The Kier molecular flexibility index (Phi) is 3.82. The maximum atomic E-state index is 5.58. The molecular weight excluding hydrogens is 174 g/mol. The molecule has 2 heteroatoms. The molecule has 1 saturated heterocycles. The lowest BCUT2D eigenvalue weighted by molar-refractivity contribution is 0.102. The van der Waals surface area contributed by atoms with Crippen LogP contribution in [0, 0.1) is 11.8 Å². The van der Waals surface area contributed by atoms with E-state index in [0.717, 1.165) is 18.4 Å². The van der Waals surface area contributed by atoms with E-state index in [1.165, 1.54) is 45.2 Å². The normalized spacial score (nSPS) is 36.2. The number of nitrogens with one attached hydrogen (secondary N) is 1. The Morgan fingerprint density at radius 3 is 2.93 bits per heavy atom. The monoisotopic (exact) mass is 197 g/mol. The Bertz CT molecular complexity index is 166. The van der Waals surface area contributed by atoms with Gasteiger partial charge in [-0.15, -0.1) is 0 Å². The van der Waals surface area contributed by atoms with E-state index in [1.54, 1.807) is 0 Å². The minimum absolute atomic E-state index is 0.580. The van der Waals surface area contributed by atoms with E-state index in [1.807, 2.05) is 0 Å². The molecule has 0 spiro atoms. The highest BCUT2D eigenvalue weighted by atomic mass is 16.5.